The van der Waals surface area contributed by atoms with E-state index in [-0.39, 0.29) is 17.3 Å². The summed E-state index contributed by atoms with van der Waals surface area (Å²) < 4.78 is 5.02. The number of esters is 1. The smallest absolute Gasteiger partial charge is 0.308 e. The first-order chi connectivity index (χ1) is 9.61. The lowest BCUT2D eigenvalue weighted by atomic mass is 10.2. The number of rotatable bonds is 5. The van der Waals surface area contributed by atoms with Crippen LogP contribution < -0.4 is 4.74 Å². The molecule has 1 unspecified atom stereocenters. The van der Waals surface area contributed by atoms with Crippen LogP contribution in [0.25, 0.3) is 0 Å². The molecule has 2 rings (SSSR count). The van der Waals surface area contributed by atoms with Crippen molar-refractivity contribution in [2.75, 3.05) is 24.3 Å². The van der Waals surface area contributed by atoms with E-state index in [0.717, 1.165) is 17.9 Å². The van der Waals surface area contributed by atoms with Crippen molar-refractivity contribution in [1.29, 1.82) is 0 Å². The van der Waals surface area contributed by atoms with Gasteiger partial charge in [-0.15, -0.1) is 11.8 Å². The van der Waals surface area contributed by atoms with E-state index in [2.05, 4.69) is 0 Å². The van der Waals surface area contributed by atoms with Gasteiger partial charge in [0.1, 0.15) is 11.1 Å². The number of hydrogen-bond donors (Lipinski definition) is 0. The van der Waals surface area contributed by atoms with Gasteiger partial charge in [0.15, 0.2) is 0 Å². The van der Waals surface area contributed by atoms with E-state index in [1.165, 1.54) is 6.92 Å². The maximum atomic E-state index is 11.9. The molecule has 0 saturated carbocycles. The Morgan fingerprint density at radius 1 is 1.45 bits per heavy atom. The van der Waals surface area contributed by atoms with Crippen LogP contribution in [0, 0.1) is 0 Å². The maximum Gasteiger partial charge on any atom is 0.308 e. The standard InChI is InChI=1S/C14H17NO3S2/c1-10(16)18-12-5-3-11(4-6-12)14-15(7-8-19-2)13(17)9-20-14/h3-6,14H,7-9H2,1-2H3. The summed E-state index contributed by atoms with van der Waals surface area (Å²) in [6.07, 6.45) is 2.04. The summed E-state index contributed by atoms with van der Waals surface area (Å²) in [6.45, 7) is 2.15. The second-order valence-electron chi connectivity index (χ2n) is 4.41. The first kappa shape index (κ1) is 15.3. The SMILES string of the molecule is CSCCN1C(=O)CSC1c1ccc(OC(C)=O)cc1. The molecule has 0 radical (unpaired) electrons. The Kier molecular flexibility index (Phi) is 5.37. The van der Waals surface area contributed by atoms with Gasteiger partial charge in [0.25, 0.3) is 0 Å². The predicted molar refractivity (Wildman–Crippen MR) is 83.0 cm³/mol. The molecule has 108 valence electrons. The van der Waals surface area contributed by atoms with Gasteiger partial charge in [-0.25, -0.2) is 0 Å². The number of amides is 1. The van der Waals surface area contributed by atoms with Crippen LogP contribution in [-0.4, -0.2) is 41.1 Å². The number of hydrogen-bond acceptors (Lipinski definition) is 5. The van der Waals surface area contributed by atoms with E-state index in [1.54, 1.807) is 35.7 Å². The molecule has 1 aromatic rings. The number of carbonyl (C=O) groups is 2. The number of carbonyl (C=O) groups excluding carboxylic acids is 2. The highest BCUT2D eigenvalue weighted by molar-refractivity contribution is 8.00. The molecule has 0 aliphatic carbocycles. The summed E-state index contributed by atoms with van der Waals surface area (Å²) >= 11 is 3.38. The molecule has 0 spiro atoms. The van der Waals surface area contributed by atoms with Gasteiger partial charge in [0, 0.05) is 19.2 Å². The fourth-order valence-electron chi connectivity index (χ4n) is 2.03. The first-order valence-corrected chi connectivity index (χ1v) is 8.74. The minimum Gasteiger partial charge on any atom is -0.427 e. The Hall–Kier alpha value is -1.14. The summed E-state index contributed by atoms with van der Waals surface area (Å²) in [7, 11) is 0. The van der Waals surface area contributed by atoms with Crippen LogP contribution in [0.2, 0.25) is 0 Å². The normalized spacial score (nSPS) is 18.4. The molecule has 6 heteroatoms. The quantitative estimate of drug-likeness (QED) is 0.618. The summed E-state index contributed by atoms with van der Waals surface area (Å²) in [5.41, 5.74) is 1.07. The molecule has 1 fully saturated rings. The molecule has 20 heavy (non-hydrogen) atoms. The van der Waals surface area contributed by atoms with Crippen LogP contribution >= 0.6 is 23.5 Å². The van der Waals surface area contributed by atoms with Crippen LogP contribution in [-0.2, 0) is 9.59 Å². The molecule has 4 nitrogen and oxygen atoms in total. The van der Waals surface area contributed by atoms with Crippen LogP contribution in [0.3, 0.4) is 0 Å². The third-order valence-electron chi connectivity index (χ3n) is 2.93. The van der Waals surface area contributed by atoms with Crippen LogP contribution in [0.1, 0.15) is 17.9 Å². The summed E-state index contributed by atoms with van der Waals surface area (Å²) in [6, 6.07) is 7.38. The van der Waals surface area contributed by atoms with Gasteiger partial charge in [0.2, 0.25) is 5.91 Å². The highest BCUT2D eigenvalue weighted by atomic mass is 32.2. The second-order valence-corrected chi connectivity index (χ2v) is 6.46. The monoisotopic (exact) mass is 311 g/mol. The average Bonchev–Trinajstić information content (AvgIpc) is 2.78. The summed E-state index contributed by atoms with van der Waals surface area (Å²) in [4.78, 5) is 24.7. The number of nitrogens with zero attached hydrogens (tertiary/aromatic N) is 1. The highest BCUT2D eigenvalue weighted by Gasteiger charge is 2.32. The van der Waals surface area contributed by atoms with Crippen molar-refractivity contribution < 1.29 is 14.3 Å². The van der Waals surface area contributed by atoms with Crippen molar-refractivity contribution in [2.24, 2.45) is 0 Å². The topological polar surface area (TPSA) is 46.6 Å². The molecule has 1 amide bonds. The molecule has 1 aliphatic rings. The van der Waals surface area contributed by atoms with Gasteiger partial charge in [-0.1, -0.05) is 12.1 Å². The molecule has 1 heterocycles. The van der Waals surface area contributed by atoms with Gasteiger partial charge in [-0.3, -0.25) is 9.59 Å². The Bertz CT molecular complexity index is 490. The Labute approximate surface area is 127 Å². The fraction of sp³-hybridized carbons (Fsp3) is 0.429. The molecule has 0 N–H and O–H groups in total. The van der Waals surface area contributed by atoms with Crippen LogP contribution in [0.4, 0.5) is 0 Å². The van der Waals surface area contributed by atoms with E-state index in [1.807, 2.05) is 23.3 Å². The van der Waals surface area contributed by atoms with Crippen LogP contribution in [0.5, 0.6) is 5.75 Å². The third-order valence-corrected chi connectivity index (χ3v) is 4.78. The van der Waals surface area contributed by atoms with E-state index in [0.29, 0.717) is 11.5 Å². The molecule has 0 bridgehead atoms. The summed E-state index contributed by atoms with van der Waals surface area (Å²) in [5.74, 6) is 1.87. The molecular formula is C14H17NO3S2. The highest BCUT2D eigenvalue weighted by Crippen LogP contribution is 2.38. The number of benzene rings is 1. The zero-order valence-corrected chi connectivity index (χ0v) is 13.1. The lowest BCUT2D eigenvalue weighted by Gasteiger charge is -2.24. The van der Waals surface area contributed by atoms with Crippen molar-refractivity contribution in [1.82, 2.24) is 4.90 Å². The largest absolute Gasteiger partial charge is 0.427 e. The van der Waals surface area contributed by atoms with Crippen molar-refractivity contribution in [3.63, 3.8) is 0 Å². The van der Waals surface area contributed by atoms with Crippen molar-refractivity contribution in [3.05, 3.63) is 29.8 Å². The van der Waals surface area contributed by atoms with Crippen molar-refractivity contribution >= 4 is 35.4 Å². The van der Waals surface area contributed by atoms with E-state index >= 15 is 0 Å². The maximum absolute atomic E-state index is 11.9. The summed E-state index contributed by atoms with van der Waals surface area (Å²) in [5, 5.41) is 0.0704. The zero-order valence-electron chi connectivity index (χ0n) is 11.5. The molecule has 1 aliphatic heterocycles. The van der Waals surface area contributed by atoms with Gasteiger partial charge < -0.3 is 9.64 Å². The van der Waals surface area contributed by atoms with E-state index in [4.69, 9.17) is 4.74 Å². The van der Waals surface area contributed by atoms with E-state index in [9.17, 15) is 9.59 Å². The zero-order chi connectivity index (χ0) is 14.5. The van der Waals surface area contributed by atoms with Gasteiger partial charge in [0.05, 0.1) is 5.75 Å². The fourth-order valence-corrected chi connectivity index (χ4v) is 3.63. The predicted octanol–water partition coefficient (Wildman–Crippen LogP) is 2.55. The van der Waals surface area contributed by atoms with Crippen molar-refractivity contribution in [3.8, 4) is 5.75 Å². The Balaban J connectivity index is 2.09. The van der Waals surface area contributed by atoms with Crippen LogP contribution in [0.15, 0.2) is 24.3 Å². The Morgan fingerprint density at radius 2 is 2.15 bits per heavy atom. The average molecular weight is 311 g/mol. The lowest BCUT2D eigenvalue weighted by molar-refractivity contribution is -0.132. The van der Waals surface area contributed by atoms with Gasteiger partial charge >= 0.3 is 5.97 Å². The second kappa shape index (κ2) is 7.04. The molecule has 0 aromatic heterocycles. The minimum atomic E-state index is -0.329. The minimum absolute atomic E-state index is 0.0704. The molecular weight excluding hydrogens is 294 g/mol. The van der Waals surface area contributed by atoms with Gasteiger partial charge in [-0.2, -0.15) is 11.8 Å². The lowest BCUT2D eigenvalue weighted by Crippen LogP contribution is -2.30. The molecule has 1 saturated heterocycles. The molecule has 1 aromatic carbocycles. The number of ether oxygens (including phenoxy) is 1. The first-order valence-electron chi connectivity index (χ1n) is 6.30. The number of thioether (sulfide) groups is 2. The van der Waals surface area contributed by atoms with Crippen molar-refractivity contribution in [2.45, 2.75) is 12.3 Å². The third kappa shape index (κ3) is 3.70. The van der Waals surface area contributed by atoms with Gasteiger partial charge in [-0.05, 0) is 24.0 Å². The van der Waals surface area contributed by atoms with E-state index < -0.39 is 0 Å². The molecule has 1 atom stereocenters. The Morgan fingerprint density at radius 3 is 2.75 bits per heavy atom.